The van der Waals surface area contributed by atoms with E-state index in [0.717, 1.165) is 0 Å². The SMILES string of the molecule is Cc1cccnc1NS(=O)(=O)c1cccnc1C#N. The van der Waals surface area contributed by atoms with Crippen LogP contribution in [-0.2, 0) is 10.0 Å². The number of sulfonamides is 1. The third-order valence-corrected chi connectivity index (χ3v) is 3.78. The number of rotatable bonds is 3. The van der Waals surface area contributed by atoms with Gasteiger partial charge in [0.15, 0.2) is 5.69 Å². The highest BCUT2D eigenvalue weighted by Crippen LogP contribution is 2.18. The Labute approximate surface area is 110 Å². The number of hydrogen-bond donors (Lipinski definition) is 1. The molecular weight excluding hydrogens is 264 g/mol. The van der Waals surface area contributed by atoms with Crippen LogP contribution in [0.4, 0.5) is 5.82 Å². The van der Waals surface area contributed by atoms with Crippen molar-refractivity contribution in [1.29, 1.82) is 5.26 Å². The van der Waals surface area contributed by atoms with Crippen molar-refractivity contribution in [2.75, 3.05) is 4.72 Å². The van der Waals surface area contributed by atoms with E-state index >= 15 is 0 Å². The first-order chi connectivity index (χ1) is 9.04. The smallest absolute Gasteiger partial charge is 0.263 e. The standard InChI is InChI=1S/C12H10N4O2S/c1-9-4-2-7-15-12(9)16-19(17,18)11-5-3-6-14-10(11)8-13/h2-7H,1H3,(H,15,16). The number of nitrogens with zero attached hydrogens (tertiary/aromatic N) is 3. The van der Waals surface area contributed by atoms with Crippen molar-refractivity contribution in [3.05, 3.63) is 47.9 Å². The zero-order valence-corrected chi connectivity index (χ0v) is 10.8. The van der Waals surface area contributed by atoms with Gasteiger partial charge < -0.3 is 0 Å². The molecule has 2 aromatic heterocycles. The maximum absolute atomic E-state index is 12.2. The molecule has 0 fully saturated rings. The van der Waals surface area contributed by atoms with Crippen LogP contribution in [-0.4, -0.2) is 18.4 Å². The molecule has 0 radical (unpaired) electrons. The van der Waals surface area contributed by atoms with E-state index in [2.05, 4.69) is 14.7 Å². The van der Waals surface area contributed by atoms with Crippen molar-refractivity contribution in [3.8, 4) is 6.07 Å². The highest BCUT2D eigenvalue weighted by Gasteiger charge is 2.20. The largest absolute Gasteiger partial charge is 0.265 e. The third-order valence-electron chi connectivity index (χ3n) is 2.41. The number of anilines is 1. The minimum absolute atomic E-state index is 0.149. The summed E-state index contributed by atoms with van der Waals surface area (Å²) in [6, 6.07) is 7.98. The van der Waals surface area contributed by atoms with Gasteiger partial charge >= 0.3 is 0 Å². The minimum atomic E-state index is -3.88. The summed E-state index contributed by atoms with van der Waals surface area (Å²) in [4.78, 5) is 7.51. The lowest BCUT2D eigenvalue weighted by Gasteiger charge is -2.09. The lowest BCUT2D eigenvalue weighted by atomic mass is 10.3. The number of pyridine rings is 2. The Morgan fingerprint density at radius 2 is 1.89 bits per heavy atom. The molecule has 0 aromatic carbocycles. The Kier molecular flexibility index (Phi) is 3.44. The van der Waals surface area contributed by atoms with E-state index in [-0.39, 0.29) is 16.4 Å². The van der Waals surface area contributed by atoms with Crippen molar-refractivity contribution in [2.24, 2.45) is 0 Å². The molecule has 2 rings (SSSR count). The van der Waals surface area contributed by atoms with Crippen LogP contribution in [0.25, 0.3) is 0 Å². The lowest BCUT2D eigenvalue weighted by Crippen LogP contribution is -2.16. The number of aromatic nitrogens is 2. The van der Waals surface area contributed by atoms with Crippen LogP contribution in [0.2, 0.25) is 0 Å². The zero-order valence-electron chi connectivity index (χ0n) is 10.0. The molecule has 0 aliphatic carbocycles. The number of nitrogens with one attached hydrogen (secondary N) is 1. The van der Waals surface area contributed by atoms with Crippen molar-refractivity contribution in [3.63, 3.8) is 0 Å². The molecule has 96 valence electrons. The first-order valence-electron chi connectivity index (χ1n) is 5.34. The molecule has 0 bridgehead atoms. The Morgan fingerprint density at radius 3 is 2.58 bits per heavy atom. The first-order valence-corrected chi connectivity index (χ1v) is 6.82. The van der Waals surface area contributed by atoms with Gasteiger partial charge in [0.1, 0.15) is 16.8 Å². The third kappa shape index (κ3) is 2.69. The molecule has 0 saturated carbocycles. The van der Waals surface area contributed by atoms with Crippen molar-refractivity contribution in [1.82, 2.24) is 9.97 Å². The topological polar surface area (TPSA) is 95.7 Å². The number of aryl methyl sites for hydroxylation is 1. The van der Waals surface area contributed by atoms with E-state index < -0.39 is 10.0 Å². The molecule has 0 aliphatic heterocycles. The molecule has 0 aliphatic rings. The monoisotopic (exact) mass is 274 g/mol. The fourth-order valence-electron chi connectivity index (χ4n) is 1.47. The molecule has 1 N–H and O–H groups in total. The second-order valence-corrected chi connectivity index (χ2v) is 5.39. The van der Waals surface area contributed by atoms with Gasteiger partial charge in [-0.05, 0) is 30.7 Å². The first kappa shape index (κ1) is 13.0. The summed E-state index contributed by atoms with van der Waals surface area (Å²) < 4.78 is 26.7. The number of nitriles is 1. The van der Waals surface area contributed by atoms with Crippen LogP contribution in [0.15, 0.2) is 41.6 Å². The van der Waals surface area contributed by atoms with E-state index in [9.17, 15) is 8.42 Å². The molecule has 0 unspecified atom stereocenters. The predicted octanol–water partition coefficient (Wildman–Crippen LogP) is 1.46. The second-order valence-electron chi connectivity index (χ2n) is 3.74. The summed E-state index contributed by atoms with van der Waals surface area (Å²) in [5.41, 5.74) is 0.539. The van der Waals surface area contributed by atoms with Crippen molar-refractivity contribution >= 4 is 15.8 Å². The fourth-order valence-corrected chi connectivity index (χ4v) is 2.65. The summed E-state index contributed by atoms with van der Waals surface area (Å²) >= 11 is 0. The summed E-state index contributed by atoms with van der Waals surface area (Å²) in [5, 5.41) is 8.88. The van der Waals surface area contributed by atoms with Gasteiger partial charge in [0.05, 0.1) is 0 Å². The molecular formula is C12H10N4O2S. The second kappa shape index (κ2) is 5.04. The van der Waals surface area contributed by atoms with Crippen LogP contribution in [0.5, 0.6) is 0 Å². The Balaban J connectivity index is 2.45. The Bertz CT molecular complexity index is 750. The van der Waals surface area contributed by atoms with Crippen LogP contribution in [0, 0.1) is 18.3 Å². The molecule has 0 atom stereocenters. The van der Waals surface area contributed by atoms with Crippen molar-refractivity contribution < 1.29 is 8.42 Å². The lowest BCUT2D eigenvalue weighted by molar-refractivity contribution is 0.600. The highest BCUT2D eigenvalue weighted by atomic mass is 32.2. The van der Waals surface area contributed by atoms with Gasteiger partial charge in [0.25, 0.3) is 10.0 Å². The maximum atomic E-state index is 12.2. The van der Waals surface area contributed by atoms with Crippen LogP contribution in [0.3, 0.4) is 0 Å². The molecule has 2 aromatic rings. The van der Waals surface area contributed by atoms with Gasteiger partial charge in [-0.25, -0.2) is 18.4 Å². The summed E-state index contributed by atoms with van der Waals surface area (Å²) in [6.45, 7) is 1.74. The van der Waals surface area contributed by atoms with Gasteiger partial charge in [-0.2, -0.15) is 5.26 Å². The van der Waals surface area contributed by atoms with Crippen LogP contribution >= 0.6 is 0 Å². The normalized spacial score (nSPS) is 10.7. The van der Waals surface area contributed by atoms with E-state index in [4.69, 9.17) is 5.26 Å². The average Bonchev–Trinajstić information content (AvgIpc) is 2.41. The van der Waals surface area contributed by atoms with E-state index in [1.165, 1.54) is 24.5 Å². The highest BCUT2D eigenvalue weighted by molar-refractivity contribution is 7.92. The van der Waals surface area contributed by atoms with E-state index in [1.807, 2.05) is 0 Å². The summed E-state index contributed by atoms with van der Waals surface area (Å²) in [5.74, 6) is 0.232. The van der Waals surface area contributed by atoms with Crippen molar-refractivity contribution in [2.45, 2.75) is 11.8 Å². The molecule has 0 saturated heterocycles. The quantitative estimate of drug-likeness (QED) is 0.914. The van der Waals surface area contributed by atoms with Gasteiger partial charge in [-0.1, -0.05) is 6.07 Å². The van der Waals surface area contributed by atoms with Gasteiger partial charge in [-0.3, -0.25) is 4.72 Å². The maximum Gasteiger partial charge on any atom is 0.265 e. The van der Waals surface area contributed by atoms with Gasteiger partial charge in [0, 0.05) is 12.4 Å². The van der Waals surface area contributed by atoms with E-state index in [1.54, 1.807) is 25.1 Å². The molecule has 19 heavy (non-hydrogen) atoms. The van der Waals surface area contributed by atoms with E-state index in [0.29, 0.717) is 5.56 Å². The van der Waals surface area contributed by atoms with Crippen LogP contribution in [0.1, 0.15) is 11.3 Å². The number of hydrogen-bond acceptors (Lipinski definition) is 5. The fraction of sp³-hybridized carbons (Fsp3) is 0.0833. The molecule has 0 spiro atoms. The Morgan fingerprint density at radius 1 is 1.21 bits per heavy atom. The summed E-state index contributed by atoms with van der Waals surface area (Å²) in [7, 11) is -3.88. The molecule has 7 heteroatoms. The zero-order chi connectivity index (χ0) is 13.9. The molecule has 2 heterocycles. The van der Waals surface area contributed by atoms with Gasteiger partial charge in [0.2, 0.25) is 0 Å². The Hall–Kier alpha value is -2.46. The average molecular weight is 274 g/mol. The summed E-state index contributed by atoms with van der Waals surface area (Å²) in [6.07, 6.45) is 2.85. The minimum Gasteiger partial charge on any atom is -0.263 e. The molecule has 6 nitrogen and oxygen atoms in total. The van der Waals surface area contributed by atoms with Crippen LogP contribution < -0.4 is 4.72 Å². The molecule has 0 amide bonds. The predicted molar refractivity (Wildman–Crippen MR) is 68.7 cm³/mol. The van der Waals surface area contributed by atoms with Gasteiger partial charge in [-0.15, -0.1) is 0 Å².